The Kier molecular flexibility index (Phi) is 4.24. The zero-order chi connectivity index (χ0) is 15.5. The van der Waals surface area contributed by atoms with Gasteiger partial charge in [-0.1, -0.05) is 15.9 Å². The van der Waals surface area contributed by atoms with Crippen molar-refractivity contribution in [3.05, 3.63) is 58.6 Å². The number of hydrogen-bond donors (Lipinski definition) is 1. The fourth-order valence-electron chi connectivity index (χ4n) is 2.45. The molecule has 22 heavy (non-hydrogen) atoms. The molecular weight excluding hydrogens is 344 g/mol. The summed E-state index contributed by atoms with van der Waals surface area (Å²) in [4.78, 5) is 25.7. The van der Waals surface area contributed by atoms with E-state index in [4.69, 9.17) is 0 Å². The molecule has 112 valence electrons. The van der Waals surface area contributed by atoms with Gasteiger partial charge in [0, 0.05) is 34.4 Å². The van der Waals surface area contributed by atoms with E-state index in [1.807, 2.05) is 36.4 Å². The first-order chi connectivity index (χ1) is 10.6. The molecule has 0 saturated carbocycles. The van der Waals surface area contributed by atoms with Gasteiger partial charge < -0.3 is 10.2 Å². The normalized spacial score (nSPS) is 14.2. The number of nitrogens with one attached hydrogen (secondary N) is 1. The van der Waals surface area contributed by atoms with Crippen molar-refractivity contribution < 1.29 is 9.59 Å². The van der Waals surface area contributed by atoms with E-state index >= 15 is 0 Å². The van der Waals surface area contributed by atoms with Gasteiger partial charge >= 0.3 is 0 Å². The number of benzene rings is 2. The lowest BCUT2D eigenvalue weighted by Gasteiger charge is -2.15. The Morgan fingerprint density at radius 3 is 2.32 bits per heavy atom. The Morgan fingerprint density at radius 2 is 1.73 bits per heavy atom. The molecule has 3 rings (SSSR count). The van der Waals surface area contributed by atoms with E-state index in [1.165, 1.54) is 0 Å². The summed E-state index contributed by atoms with van der Waals surface area (Å²) in [5.74, 6) is -0.0197. The molecule has 2 aromatic rings. The minimum atomic E-state index is -0.165. The van der Waals surface area contributed by atoms with E-state index in [0.717, 1.165) is 28.8 Å². The Balaban J connectivity index is 1.70. The first kappa shape index (κ1) is 14.8. The van der Waals surface area contributed by atoms with Crippen molar-refractivity contribution in [3.8, 4) is 0 Å². The Labute approximate surface area is 137 Å². The summed E-state index contributed by atoms with van der Waals surface area (Å²) in [7, 11) is 0. The molecule has 0 atom stereocenters. The predicted octanol–water partition coefficient (Wildman–Crippen LogP) is 3.83. The van der Waals surface area contributed by atoms with E-state index < -0.39 is 0 Å². The zero-order valence-corrected chi connectivity index (χ0v) is 13.5. The second-order valence-corrected chi connectivity index (χ2v) is 6.07. The fraction of sp³-hybridized carbons (Fsp3) is 0.176. The van der Waals surface area contributed by atoms with Crippen LogP contribution in [0.25, 0.3) is 0 Å². The largest absolute Gasteiger partial charge is 0.322 e. The van der Waals surface area contributed by atoms with Crippen LogP contribution in [0.3, 0.4) is 0 Å². The molecule has 1 fully saturated rings. The maximum atomic E-state index is 12.2. The average molecular weight is 359 g/mol. The predicted molar refractivity (Wildman–Crippen MR) is 90.1 cm³/mol. The highest BCUT2D eigenvalue weighted by Gasteiger charge is 2.21. The van der Waals surface area contributed by atoms with Gasteiger partial charge in [-0.25, -0.2) is 0 Å². The third-order valence-corrected chi connectivity index (χ3v) is 4.15. The molecule has 4 nitrogen and oxygen atoms in total. The molecule has 0 aliphatic carbocycles. The van der Waals surface area contributed by atoms with Gasteiger partial charge in [0.15, 0.2) is 0 Å². The van der Waals surface area contributed by atoms with E-state index in [2.05, 4.69) is 21.2 Å². The van der Waals surface area contributed by atoms with Crippen LogP contribution in [0.15, 0.2) is 53.0 Å². The van der Waals surface area contributed by atoms with Crippen LogP contribution < -0.4 is 10.2 Å². The van der Waals surface area contributed by atoms with Crippen LogP contribution in [0, 0.1) is 0 Å². The lowest BCUT2D eigenvalue weighted by Crippen LogP contribution is -2.23. The van der Waals surface area contributed by atoms with E-state index in [1.54, 1.807) is 17.0 Å². The monoisotopic (exact) mass is 358 g/mol. The molecule has 0 spiro atoms. The highest BCUT2D eigenvalue weighted by molar-refractivity contribution is 9.10. The van der Waals surface area contributed by atoms with Crippen molar-refractivity contribution in [1.29, 1.82) is 0 Å². The van der Waals surface area contributed by atoms with Crippen LogP contribution in [0.1, 0.15) is 23.2 Å². The third kappa shape index (κ3) is 3.20. The minimum absolute atomic E-state index is 0.145. The number of amides is 2. The number of nitrogens with zero attached hydrogens (tertiary/aromatic N) is 1. The average Bonchev–Trinajstić information content (AvgIpc) is 2.96. The van der Waals surface area contributed by atoms with Crippen LogP contribution in [0.5, 0.6) is 0 Å². The molecule has 0 radical (unpaired) electrons. The standard InChI is InChI=1S/C17H15BrN2O2/c18-13-5-7-14(8-6-13)19-17(22)12-3-9-15(10-4-12)20-11-1-2-16(20)21/h3-10H,1-2,11H2,(H,19,22). The molecule has 1 N–H and O–H groups in total. The Hall–Kier alpha value is -2.14. The third-order valence-electron chi connectivity index (χ3n) is 3.62. The van der Waals surface area contributed by atoms with Crippen molar-refractivity contribution in [2.75, 3.05) is 16.8 Å². The maximum absolute atomic E-state index is 12.2. The molecule has 5 heteroatoms. The van der Waals surface area contributed by atoms with Gasteiger partial charge in [0.25, 0.3) is 5.91 Å². The number of rotatable bonds is 3. The van der Waals surface area contributed by atoms with Gasteiger partial charge in [0.1, 0.15) is 0 Å². The van der Waals surface area contributed by atoms with E-state index in [-0.39, 0.29) is 11.8 Å². The summed E-state index contributed by atoms with van der Waals surface area (Å²) in [6.45, 7) is 0.753. The van der Waals surface area contributed by atoms with Crippen LogP contribution >= 0.6 is 15.9 Å². The van der Waals surface area contributed by atoms with Gasteiger partial charge in [-0.05, 0) is 55.0 Å². The number of hydrogen-bond acceptors (Lipinski definition) is 2. The van der Waals surface area contributed by atoms with Crippen LogP contribution in [-0.4, -0.2) is 18.4 Å². The van der Waals surface area contributed by atoms with Crippen molar-refractivity contribution >= 4 is 39.1 Å². The summed E-state index contributed by atoms with van der Waals surface area (Å²) in [5, 5.41) is 2.84. The van der Waals surface area contributed by atoms with Crippen molar-refractivity contribution in [2.45, 2.75) is 12.8 Å². The summed E-state index contributed by atoms with van der Waals surface area (Å²) in [5.41, 5.74) is 2.16. The zero-order valence-electron chi connectivity index (χ0n) is 11.9. The molecular formula is C17H15BrN2O2. The number of carbonyl (C=O) groups is 2. The summed E-state index contributed by atoms with van der Waals surface area (Å²) >= 11 is 3.36. The SMILES string of the molecule is O=C(Nc1ccc(Br)cc1)c1ccc(N2CCCC2=O)cc1. The minimum Gasteiger partial charge on any atom is -0.322 e. The van der Waals surface area contributed by atoms with E-state index in [0.29, 0.717) is 12.0 Å². The fourth-order valence-corrected chi connectivity index (χ4v) is 2.71. The van der Waals surface area contributed by atoms with E-state index in [9.17, 15) is 9.59 Å². The molecule has 1 aliphatic heterocycles. The lowest BCUT2D eigenvalue weighted by molar-refractivity contribution is -0.117. The van der Waals surface area contributed by atoms with Gasteiger partial charge in [-0.15, -0.1) is 0 Å². The van der Waals surface area contributed by atoms with Gasteiger partial charge in [0.05, 0.1) is 0 Å². The van der Waals surface area contributed by atoms with Crippen molar-refractivity contribution in [3.63, 3.8) is 0 Å². The number of halogens is 1. The molecule has 0 aromatic heterocycles. The highest BCUT2D eigenvalue weighted by Crippen LogP contribution is 2.22. The second kappa shape index (κ2) is 6.32. The molecule has 1 heterocycles. The Bertz CT molecular complexity index is 696. The molecule has 0 unspecified atom stereocenters. The first-order valence-electron chi connectivity index (χ1n) is 7.11. The van der Waals surface area contributed by atoms with Gasteiger partial charge in [0.2, 0.25) is 5.91 Å². The van der Waals surface area contributed by atoms with Crippen LogP contribution in [0.4, 0.5) is 11.4 Å². The summed E-state index contributed by atoms with van der Waals surface area (Å²) < 4.78 is 0.963. The second-order valence-electron chi connectivity index (χ2n) is 5.16. The molecule has 2 aromatic carbocycles. The van der Waals surface area contributed by atoms with Crippen molar-refractivity contribution in [2.24, 2.45) is 0 Å². The Morgan fingerprint density at radius 1 is 1.05 bits per heavy atom. The number of anilines is 2. The van der Waals surface area contributed by atoms with Crippen molar-refractivity contribution in [1.82, 2.24) is 0 Å². The topological polar surface area (TPSA) is 49.4 Å². The highest BCUT2D eigenvalue weighted by atomic mass is 79.9. The lowest BCUT2D eigenvalue weighted by atomic mass is 10.1. The maximum Gasteiger partial charge on any atom is 0.255 e. The molecule has 2 amide bonds. The van der Waals surface area contributed by atoms with Crippen LogP contribution in [-0.2, 0) is 4.79 Å². The van der Waals surface area contributed by atoms with Gasteiger partial charge in [-0.2, -0.15) is 0 Å². The molecule has 1 aliphatic rings. The quantitative estimate of drug-likeness (QED) is 0.906. The smallest absolute Gasteiger partial charge is 0.255 e. The van der Waals surface area contributed by atoms with Crippen LogP contribution in [0.2, 0.25) is 0 Å². The summed E-state index contributed by atoms with van der Waals surface area (Å²) in [6.07, 6.45) is 1.50. The molecule has 0 bridgehead atoms. The van der Waals surface area contributed by atoms with Gasteiger partial charge in [-0.3, -0.25) is 9.59 Å². The summed E-state index contributed by atoms with van der Waals surface area (Å²) in [6, 6.07) is 14.5. The first-order valence-corrected chi connectivity index (χ1v) is 7.90. The number of carbonyl (C=O) groups excluding carboxylic acids is 2. The molecule has 1 saturated heterocycles.